The number of aromatic nitrogens is 1. The van der Waals surface area contributed by atoms with E-state index in [0.717, 1.165) is 29.7 Å². The Hall–Kier alpha value is -0.370. The molecule has 0 aromatic carbocycles. The Morgan fingerprint density at radius 3 is 2.85 bits per heavy atom. The highest BCUT2D eigenvalue weighted by atomic mass is 79.9. The molecule has 0 radical (unpaired) electrons. The molecule has 0 spiro atoms. The number of sulfonamides is 1. The van der Waals surface area contributed by atoms with E-state index in [-0.39, 0.29) is 6.04 Å². The van der Waals surface area contributed by atoms with Gasteiger partial charge in [0.2, 0.25) is 10.0 Å². The molecule has 8 heteroatoms. The fraction of sp³-hybridized carbons (Fsp3) is 0.583. The molecule has 1 atom stereocenters. The summed E-state index contributed by atoms with van der Waals surface area (Å²) in [5.41, 5.74) is 0. The largest absolute Gasteiger partial charge is 0.354 e. The van der Waals surface area contributed by atoms with Crippen molar-refractivity contribution in [2.24, 2.45) is 0 Å². The van der Waals surface area contributed by atoms with Crippen LogP contribution < -0.4 is 4.90 Å². The van der Waals surface area contributed by atoms with Crippen molar-refractivity contribution >= 4 is 43.4 Å². The number of halogens is 2. The average Bonchev–Trinajstić information content (AvgIpc) is 2.37. The first-order chi connectivity index (χ1) is 9.29. The molecular weight excluding hydrogens is 366 g/mol. The molecule has 2 rings (SSSR count). The Kier molecular flexibility index (Phi) is 4.94. The van der Waals surface area contributed by atoms with Crippen LogP contribution in [0.1, 0.15) is 12.8 Å². The number of rotatable bonds is 3. The molecule has 0 amide bonds. The van der Waals surface area contributed by atoms with Crippen molar-refractivity contribution < 1.29 is 8.42 Å². The van der Waals surface area contributed by atoms with Gasteiger partial charge in [-0.15, -0.1) is 0 Å². The van der Waals surface area contributed by atoms with Crippen molar-refractivity contribution in [1.29, 1.82) is 0 Å². The summed E-state index contributed by atoms with van der Waals surface area (Å²) in [5.74, 6) is 0.806. The second-order valence-corrected chi connectivity index (χ2v) is 8.31. The van der Waals surface area contributed by atoms with Crippen LogP contribution in [0.15, 0.2) is 16.7 Å². The minimum Gasteiger partial charge on any atom is -0.354 e. The summed E-state index contributed by atoms with van der Waals surface area (Å²) in [5, 5.41) is 0.572. The van der Waals surface area contributed by atoms with E-state index in [0.29, 0.717) is 11.6 Å². The molecule has 1 aromatic heterocycles. The molecule has 0 bridgehead atoms. The molecule has 0 N–H and O–H groups in total. The van der Waals surface area contributed by atoms with Crippen molar-refractivity contribution in [1.82, 2.24) is 9.29 Å². The molecule has 5 nitrogen and oxygen atoms in total. The topological polar surface area (TPSA) is 53.5 Å². The van der Waals surface area contributed by atoms with E-state index in [1.54, 1.807) is 19.3 Å². The quantitative estimate of drug-likeness (QED) is 0.805. The average molecular weight is 383 g/mol. The first kappa shape index (κ1) is 16.0. The molecule has 0 saturated carbocycles. The minimum absolute atomic E-state index is 0.0249. The van der Waals surface area contributed by atoms with E-state index in [9.17, 15) is 8.42 Å². The lowest BCUT2D eigenvalue weighted by Gasteiger charge is -2.37. The molecule has 112 valence electrons. The van der Waals surface area contributed by atoms with Gasteiger partial charge >= 0.3 is 0 Å². The van der Waals surface area contributed by atoms with Crippen LogP contribution in [0.25, 0.3) is 0 Å². The number of hydrogen-bond donors (Lipinski definition) is 0. The van der Waals surface area contributed by atoms with Crippen LogP contribution in [-0.4, -0.2) is 50.1 Å². The van der Waals surface area contributed by atoms with E-state index in [4.69, 9.17) is 11.6 Å². The molecule has 1 aliphatic heterocycles. The Balaban J connectivity index is 2.18. The molecule has 1 unspecified atom stereocenters. The third-order valence-corrected chi connectivity index (χ3v) is 5.66. The summed E-state index contributed by atoms with van der Waals surface area (Å²) in [6, 6.07) is 1.77. The predicted octanol–water partition coefficient (Wildman–Crippen LogP) is 2.36. The number of hydrogen-bond acceptors (Lipinski definition) is 4. The SMILES string of the molecule is CN(C1CCCN(c2ncc(Cl)cc2Br)C1)S(C)(=O)=O. The molecule has 1 aliphatic rings. The van der Waals surface area contributed by atoms with Gasteiger partial charge < -0.3 is 4.90 Å². The zero-order valence-electron chi connectivity index (χ0n) is 11.4. The number of anilines is 1. The van der Waals surface area contributed by atoms with Gasteiger partial charge in [0.15, 0.2) is 0 Å². The van der Waals surface area contributed by atoms with Gasteiger partial charge in [-0.25, -0.2) is 17.7 Å². The summed E-state index contributed by atoms with van der Waals surface area (Å²) in [6.45, 7) is 1.50. The van der Waals surface area contributed by atoms with Crippen LogP contribution in [0.4, 0.5) is 5.82 Å². The molecule has 0 aliphatic carbocycles. The number of pyridine rings is 1. The molecule has 2 heterocycles. The summed E-state index contributed by atoms with van der Waals surface area (Å²) < 4.78 is 25.6. The zero-order valence-corrected chi connectivity index (χ0v) is 14.5. The lowest BCUT2D eigenvalue weighted by molar-refractivity contribution is 0.321. The minimum atomic E-state index is -3.17. The second-order valence-electron chi connectivity index (χ2n) is 4.98. The van der Waals surface area contributed by atoms with Crippen LogP contribution in [0.5, 0.6) is 0 Å². The normalized spacial score (nSPS) is 20.4. The van der Waals surface area contributed by atoms with Gasteiger partial charge in [-0.05, 0) is 34.8 Å². The summed E-state index contributed by atoms with van der Waals surface area (Å²) in [4.78, 5) is 6.43. The number of nitrogens with zero attached hydrogens (tertiary/aromatic N) is 3. The zero-order chi connectivity index (χ0) is 14.9. The van der Waals surface area contributed by atoms with Crippen molar-refractivity contribution in [3.05, 3.63) is 21.8 Å². The van der Waals surface area contributed by atoms with Crippen LogP contribution >= 0.6 is 27.5 Å². The van der Waals surface area contributed by atoms with Gasteiger partial charge in [0.25, 0.3) is 0 Å². The lowest BCUT2D eigenvalue weighted by atomic mass is 10.1. The highest BCUT2D eigenvalue weighted by Crippen LogP contribution is 2.29. The standard InChI is InChI=1S/C12H17BrClN3O2S/c1-16(20(2,18)19)10-4-3-5-17(8-10)12-11(13)6-9(14)7-15-12/h6-7,10H,3-5,8H2,1-2H3. The Morgan fingerprint density at radius 1 is 1.55 bits per heavy atom. The van der Waals surface area contributed by atoms with Crippen LogP contribution in [0.2, 0.25) is 5.02 Å². The summed E-state index contributed by atoms with van der Waals surface area (Å²) in [6.07, 6.45) is 4.64. The second kappa shape index (κ2) is 6.17. The monoisotopic (exact) mass is 381 g/mol. The van der Waals surface area contributed by atoms with Crippen LogP contribution in [-0.2, 0) is 10.0 Å². The van der Waals surface area contributed by atoms with Crippen molar-refractivity contribution in [3.8, 4) is 0 Å². The van der Waals surface area contributed by atoms with Gasteiger partial charge in [-0.3, -0.25) is 0 Å². The number of piperidine rings is 1. The van der Waals surface area contributed by atoms with E-state index >= 15 is 0 Å². The molecule has 1 fully saturated rings. The van der Waals surface area contributed by atoms with E-state index in [1.165, 1.54) is 10.6 Å². The first-order valence-corrected chi connectivity index (χ1v) is 9.30. The third-order valence-electron chi connectivity index (χ3n) is 3.52. The summed E-state index contributed by atoms with van der Waals surface area (Å²) in [7, 11) is -1.54. The van der Waals surface area contributed by atoms with E-state index < -0.39 is 10.0 Å². The van der Waals surface area contributed by atoms with Gasteiger partial charge in [-0.1, -0.05) is 11.6 Å². The molecular formula is C12H17BrClN3O2S. The van der Waals surface area contributed by atoms with Crippen molar-refractivity contribution in [3.63, 3.8) is 0 Å². The van der Waals surface area contributed by atoms with Gasteiger partial charge in [0.05, 0.1) is 15.8 Å². The van der Waals surface area contributed by atoms with Gasteiger partial charge in [-0.2, -0.15) is 0 Å². The number of likely N-dealkylation sites (N-methyl/N-ethyl adjacent to an activating group) is 1. The van der Waals surface area contributed by atoms with Gasteiger partial charge in [0, 0.05) is 32.4 Å². The maximum absolute atomic E-state index is 11.7. The Bertz CT molecular complexity index is 596. The van der Waals surface area contributed by atoms with E-state index in [2.05, 4.69) is 25.8 Å². The third kappa shape index (κ3) is 3.63. The molecule has 20 heavy (non-hydrogen) atoms. The fourth-order valence-electron chi connectivity index (χ4n) is 2.35. The lowest BCUT2D eigenvalue weighted by Crippen LogP contribution is -2.48. The maximum atomic E-state index is 11.7. The molecule has 1 saturated heterocycles. The van der Waals surface area contributed by atoms with Gasteiger partial charge in [0.1, 0.15) is 5.82 Å². The van der Waals surface area contributed by atoms with Crippen LogP contribution in [0, 0.1) is 0 Å². The highest BCUT2D eigenvalue weighted by molar-refractivity contribution is 9.10. The van der Waals surface area contributed by atoms with Crippen molar-refractivity contribution in [2.75, 3.05) is 31.3 Å². The maximum Gasteiger partial charge on any atom is 0.211 e. The highest BCUT2D eigenvalue weighted by Gasteiger charge is 2.29. The fourth-order valence-corrected chi connectivity index (χ4v) is 3.96. The first-order valence-electron chi connectivity index (χ1n) is 6.28. The van der Waals surface area contributed by atoms with Crippen molar-refractivity contribution in [2.45, 2.75) is 18.9 Å². The Morgan fingerprint density at radius 2 is 2.25 bits per heavy atom. The smallest absolute Gasteiger partial charge is 0.211 e. The molecule has 1 aromatic rings. The van der Waals surface area contributed by atoms with Crippen LogP contribution in [0.3, 0.4) is 0 Å². The Labute approximate surface area is 133 Å². The predicted molar refractivity (Wildman–Crippen MR) is 84.8 cm³/mol. The summed E-state index contributed by atoms with van der Waals surface area (Å²) >= 11 is 9.35. The van der Waals surface area contributed by atoms with E-state index in [1.807, 2.05) is 0 Å².